The van der Waals surface area contributed by atoms with Crippen molar-refractivity contribution in [3.63, 3.8) is 0 Å². The third-order valence-electron chi connectivity index (χ3n) is 4.48. The molecule has 4 saturated carbocycles. The van der Waals surface area contributed by atoms with Crippen molar-refractivity contribution >= 4 is 0 Å². The number of rotatable bonds is 1. The molecule has 4 bridgehead atoms. The van der Waals surface area contributed by atoms with E-state index >= 15 is 0 Å². The van der Waals surface area contributed by atoms with Gasteiger partial charge >= 0.3 is 0 Å². The van der Waals surface area contributed by atoms with Crippen LogP contribution in [0.2, 0.25) is 0 Å². The Morgan fingerprint density at radius 2 is 1.57 bits per heavy atom. The van der Waals surface area contributed by atoms with Crippen LogP contribution in [0.15, 0.2) is 0 Å². The second-order valence-corrected chi connectivity index (χ2v) is 6.01. The van der Waals surface area contributed by atoms with Crippen LogP contribution in [0.5, 0.6) is 0 Å². The zero-order chi connectivity index (χ0) is 10.0. The van der Waals surface area contributed by atoms with Crippen molar-refractivity contribution in [3.8, 4) is 0 Å². The number of halogens is 2. The van der Waals surface area contributed by atoms with Crippen molar-refractivity contribution < 1.29 is 8.78 Å². The summed E-state index contributed by atoms with van der Waals surface area (Å²) >= 11 is 0. The standard InChI is InChI=1S/C11H17F2N/c12-10-2-8-1-9(4-10,7-14)5-11(13,3-8)6-10/h8H,1-7,14H2. The molecule has 0 heterocycles. The van der Waals surface area contributed by atoms with Gasteiger partial charge in [0.15, 0.2) is 0 Å². The van der Waals surface area contributed by atoms with Crippen LogP contribution in [0, 0.1) is 11.3 Å². The molecule has 0 aromatic heterocycles. The lowest BCUT2D eigenvalue weighted by molar-refractivity contribution is -0.171. The average Bonchev–Trinajstić information content (AvgIpc) is 1.97. The van der Waals surface area contributed by atoms with Crippen LogP contribution in [0.3, 0.4) is 0 Å². The Kier molecular flexibility index (Phi) is 1.50. The summed E-state index contributed by atoms with van der Waals surface area (Å²) in [7, 11) is 0. The van der Waals surface area contributed by atoms with Crippen LogP contribution in [-0.4, -0.2) is 17.9 Å². The molecule has 0 aliphatic heterocycles. The van der Waals surface area contributed by atoms with E-state index in [1.54, 1.807) is 0 Å². The maximum Gasteiger partial charge on any atom is 0.115 e. The molecule has 1 nitrogen and oxygen atoms in total. The van der Waals surface area contributed by atoms with E-state index in [1.165, 1.54) is 0 Å². The molecule has 0 saturated heterocycles. The first-order valence-corrected chi connectivity index (χ1v) is 5.55. The highest BCUT2D eigenvalue weighted by Crippen LogP contribution is 2.65. The first kappa shape index (κ1) is 9.08. The van der Waals surface area contributed by atoms with Crippen LogP contribution in [0.1, 0.15) is 38.5 Å². The SMILES string of the molecule is NCC12CC3CC(F)(CC(F)(C3)C1)C2. The molecule has 4 aliphatic carbocycles. The van der Waals surface area contributed by atoms with E-state index in [-0.39, 0.29) is 17.8 Å². The number of hydrogen-bond acceptors (Lipinski definition) is 1. The molecule has 14 heavy (non-hydrogen) atoms. The molecule has 4 fully saturated rings. The predicted molar refractivity (Wildman–Crippen MR) is 50.4 cm³/mol. The highest BCUT2D eigenvalue weighted by molar-refractivity contribution is 5.14. The van der Waals surface area contributed by atoms with E-state index in [1.807, 2.05) is 0 Å². The maximum atomic E-state index is 14.3. The number of hydrogen-bond donors (Lipinski definition) is 1. The first-order chi connectivity index (χ1) is 6.47. The summed E-state index contributed by atoms with van der Waals surface area (Å²) in [6, 6.07) is 0. The van der Waals surface area contributed by atoms with Gasteiger partial charge in [-0.2, -0.15) is 0 Å². The third kappa shape index (κ3) is 1.08. The molecule has 4 rings (SSSR count). The molecule has 0 spiro atoms. The van der Waals surface area contributed by atoms with Crippen molar-refractivity contribution in [1.82, 2.24) is 0 Å². The van der Waals surface area contributed by atoms with Gasteiger partial charge in [0.2, 0.25) is 0 Å². The molecule has 2 unspecified atom stereocenters. The minimum Gasteiger partial charge on any atom is -0.330 e. The smallest absolute Gasteiger partial charge is 0.115 e. The van der Waals surface area contributed by atoms with Gasteiger partial charge in [0.05, 0.1) is 0 Å². The number of alkyl halides is 2. The minimum absolute atomic E-state index is 0.137. The first-order valence-electron chi connectivity index (χ1n) is 5.55. The monoisotopic (exact) mass is 201 g/mol. The maximum absolute atomic E-state index is 14.3. The van der Waals surface area contributed by atoms with Gasteiger partial charge in [-0.25, -0.2) is 8.78 Å². The topological polar surface area (TPSA) is 26.0 Å². The van der Waals surface area contributed by atoms with Crippen LogP contribution < -0.4 is 5.73 Å². The molecular weight excluding hydrogens is 184 g/mol. The quantitative estimate of drug-likeness (QED) is 0.692. The average molecular weight is 201 g/mol. The van der Waals surface area contributed by atoms with E-state index in [4.69, 9.17) is 5.73 Å². The largest absolute Gasteiger partial charge is 0.330 e. The zero-order valence-electron chi connectivity index (χ0n) is 8.36. The Balaban J connectivity index is 2.01. The summed E-state index contributed by atoms with van der Waals surface area (Å²) in [4.78, 5) is 0. The van der Waals surface area contributed by atoms with E-state index in [2.05, 4.69) is 0 Å². The van der Waals surface area contributed by atoms with Crippen LogP contribution >= 0.6 is 0 Å². The normalized spacial score (nSPS) is 60.6. The van der Waals surface area contributed by atoms with Crippen molar-refractivity contribution in [2.45, 2.75) is 49.9 Å². The Bertz CT molecular complexity index is 260. The van der Waals surface area contributed by atoms with Crippen molar-refractivity contribution in [2.24, 2.45) is 17.1 Å². The molecule has 4 aliphatic rings. The summed E-state index contributed by atoms with van der Waals surface area (Å²) < 4.78 is 28.5. The molecule has 2 atom stereocenters. The predicted octanol–water partition coefficient (Wildman–Crippen LogP) is 2.35. The Labute approximate surface area is 83.0 Å². The van der Waals surface area contributed by atoms with E-state index in [9.17, 15) is 8.78 Å². The summed E-state index contributed by atoms with van der Waals surface area (Å²) in [5, 5.41) is 0. The second-order valence-electron chi connectivity index (χ2n) is 6.01. The summed E-state index contributed by atoms with van der Waals surface area (Å²) in [5.41, 5.74) is 3.05. The second kappa shape index (κ2) is 2.31. The molecule has 0 amide bonds. The highest BCUT2D eigenvalue weighted by atomic mass is 19.2. The highest BCUT2D eigenvalue weighted by Gasteiger charge is 2.64. The molecule has 3 heteroatoms. The van der Waals surface area contributed by atoms with E-state index in [0.717, 1.165) is 6.42 Å². The van der Waals surface area contributed by atoms with Gasteiger partial charge in [0, 0.05) is 6.42 Å². The lowest BCUT2D eigenvalue weighted by atomic mass is 9.47. The van der Waals surface area contributed by atoms with Gasteiger partial charge in [-0.3, -0.25) is 0 Å². The molecule has 0 radical (unpaired) electrons. The van der Waals surface area contributed by atoms with Crippen LogP contribution in [0.25, 0.3) is 0 Å². The van der Waals surface area contributed by atoms with Gasteiger partial charge in [0.25, 0.3) is 0 Å². The molecule has 0 aromatic rings. The van der Waals surface area contributed by atoms with Crippen LogP contribution in [-0.2, 0) is 0 Å². The lowest BCUT2D eigenvalue weighted by Gasteiger charge is -2.61. The Morgan fingerprint density at radius 1 is 1.00 bits per heavy atom. The summed E-state index contributed by atoms with van der Waals surface area (Å²) in [5.74, 6) is 0.254. The fourth-order valence-corrected chi connectivity index (χ4v) is 4.62. The number of nitrogens with two attached hydrogens (primary N) is 1. The molecule has 0 aromatic carbocycles. The van der Waals surface area contributed by atoms with Crippen molar-refractivity contribution in [1.29, 1.82) is 0 Å². The van der Waals surface area contributed by atoms with Crippen LogP contribution in [0.4, 0.5) is 8.78 Å². The zero-order valence-corrected chi connectivity index (χ0v) is 8.36. The molecule has 80 valence electrons. The summed E-state index contributed by atoms with van der Waals surface area (Å²) in [6.45, 7) is 0.459. The van der Waals surface area contributed by atoms with Gasteiger partial charge in [0.1, 0.15) is 11.3 Å². The Hall–Kier alpha value is -0.180. The lowest BCUT2D eigenvalue weighted by Crippen LogP contribution is -2.61. The molecular formula is C11H17F2N. The van der Waals surface area contributed by atoms with E-state index < -0.39 is 11.3 Å². The minimum atomic E-state index is -1.23. The van der Waals surface area contributed by atoms with E-state index in [0.29, 0.717) is 32.2 Å². The summed E-state index contributed by atoms with van der Waals surface area (Å²) in [6.07, 6.45) is 3.29. The fraction of sp³-hybridized carbons (Fsp3) is 1.00. The fourth-order valence-electron chi connectivity index (χ4n) is 4.62. The van der Waals surface area contributed by atoms with Crippen molar-refractivity contribution in [2.75, 3.05) is 6.54 Å². The van der Waals surface area contributed by atoms with Gasteiger partial charge in [-0.1, -0.05) is 0 Å². The van der Waals surface area contributed by atoms with Gasteiger partial charge in [-0.05, 0) is 50.0 Å². The van der Waals surface area contributed by atoms with Crippen molar-refractivity contribution in [3.05, 3.63) is 0 Å². The van der Waals surface area contributed by atoms with Gasteiger partial charge < -0.3 is 5.73 Å². The molecule has 2 N–H and O–H groups in total. The van der Waals surface area contributed by atoms with Gasteiger partial charge in [-0.15, -0.1) is 0 Å². The third-order valence-corrected chi connectivity index (χ3v) is 4.48. The Morgan fingerprint density at radius 3 is 2.00 bits per heavy atom.